The number of nitrogens with zero attached hydrogens (tertiary/aromatic N) is 6. The fourth-order valence-corrected chi connectivity index (χ4v) is 5.42. The monoisotopic (exact) mass is 816 g/mol. The average molecular weight is 819 g/mol. The summed E-state index contributed by atoms with van der Waals surface area (Å²) < 4.78 is -0.581. The first-order valence-corrected chi connectivity index (χ1v) is 16.8. The molecule has 1 N–H and O–H groups in total. The molecule has 0 radical (unpaired) electrons. The van der Waals surface area contributed by atoms with E-state index in [1.54, 1.807) is 24.3 Å². The fourth-order valence-electron chi connectivity index (χ4n) is 5.14. The molecule has 1 aliphatic heterocycles. The van der Waals surface area contributed by atoms with Gasteiger partial charge >= 0.3 is 0 Å². The molecule has 18 heteroatoms. The summed E-state index contributed by atoms with van der Waals surface area (Å²) in [6.45, 7) is 5.39. The van der Waals surface area contributed by atoms with E-state index in [1.165, 1.54) is 77.0 Å². The van der Waals surface area contributed by atoms with Crippen LogP contribution in [0, 0.1) is 0 Å². The summed E-state index contributed by atoms with van der Waals surface area (Å²) in [4.78, 5) is 89.3. The molecule has 272 valence electrons. The molecule has 5 aromatic rings. The van der Waals surface area contributed by atoms with Crippen LogP contribution in [-0.2, 0) is 9.59 Å². The summed E-state index contributed by atoms with van der Waals surface area (Å²) in [7, 11) is 0. The van der Waals surface area contributed by atoms with Gasteiger partial charge in [-0.15, -0.1) is 0 Å². The first-order chi connectivity index (χ1) is 24.8. The molecular weight excluding hydrogens is 794 g/mol. The fraction of sp³-hybridized carbons (Fsp3) is 0.143. The van der Waals surface area contributed by atoms with Crippen molar-refractivity contribution in [1.82, 2.24) is 24.5 Å². The standard InChI is InChI=1S/C17H12ClN3O3.C17H13N3O4.CCl4/c1-9(22)11-3-4-14-12(7-11)15(17(24)21(14)10(2)23)16(18)13-8-19-5-6-20-13;1-9(21)11-3-4-14-12(7-11)15(17(24)20(14)10(2)22)16(23)13-8-18-5-6-19-13;2-1(3,4)5/h3-8H,1-2H3;3-8,24H,1-2H3;/b16-15-;;. The van der Waals surface area contributed by atoms with E-state index in [1.807, 2.05) is 0 Å². The van der Waals surface area contributed by atoms with Crippen molar-refractivity contribution in [1.29, 1.82) is 0 Å². The third-order valence-corrected chi connectivity index (χ3v) is 7.72. The minimum Gasteiger partial charge on any atom is -0.494 e. The number of imide groups is 1. The maximum atomic E-state index is 12.7. The number of carbonyl (C=O) groups is 6. The van der Waals surface area contributed by atoms with E-state index in [9.17, 15) is 33.9 Å². The third-order valence-electron chi connectivity index (χ3n) is 7.34. The summed E-state index contributed by atoms with van der Waals surface area (Å²) in [6.07, 6.45) is 8.41. The molecular formula is C35H25Cl5N6O7. The number of hydrogen-bond acceptors (Lipinski definition) is 11. The van der Waals surface area contributed by atoms with Gasteiger partial charge in [0, 0.05) is 60.7 Å². The van der Waals surface area contributed by atoms with Crippen LogP contribution < -0.4 is 4.90 Å². The topological polar surface area (TPSA) is 182 Å². The summed E-state index contributed by atoms with van der Waals surface area (Å²) in [5.41, 5.74) is 2.36. The number of aromatic nitrogens is 5. The van der Waals surface area contributed by atoms with Crippen LogP contribution in [-0.4, -0.2) is 67.9 Å². The number of hydrogen-bond donors (Lipinski definition) is 1. The van der Waals surface area contributed by atoms with E-state index < -0.39 is 32.6 Å². The van der Waals surface area contributed by atoms with Gasteiger partial charge in [-0.1, -0.05) is 58.0 Å². The van der Waals surface area contributed by atoms with Crippen molar-refractivity contribution < 1.29 is 33.9 Å². The van der Waals surface area contributed by atoms with Gasteiger partial charge in [0.05, 0.1) is 39.8 Å². The Hall–Kier alpha value is -5.05. The van der Waals surface area contributed by atoms with E-state index in [0.717, 1.165) is 9.47 Å². The zero-order chi connectivity index (χ0) is 39.4. The molecule has 4 heterocycles. The van der Waals surface area contributed by atoms with Crippen LogP contribution in [0.2, 0.25) is 0 Å². The summed E-state index contributed by atoms with van der Waals surface area (Å²) in [6, 6.07) is 9.26. The second-order valence-corrected chi connectivity index (χ2v) is 14.7. The Morgan fingerprint density at radius 3 is 1.75 bits per heavy atom. The van der Waals surface area contributed by atoms with Gasteiger partial charge < -0.3 is 5.11 Å². The second-order valence-electron chi connectivity index (χ2n) is 10.9. The van der Waals surface area contributed by atoms with Gasteiger partial charge in [0.15, 0.2) is 11.6 Å². The maximum Gasteiger partial charge on any atom is 0.267 e. The molecule has 0 unspecified atom stereocenters. The van der Waals surface area contributed by atoms with E-state index in [0.29, 0.717) is 39.0 Å². The van der Waals surface area contributed by atoms with Crippen molar-refractivity contribution in [2.45, 2.75) is 30.9 Å². The Labute approximate surface area is 326 Å². The number of benzene rings is 2. The van der Waals surface area contributed by atoms with E-state index in [2.05, 4.69) is 19.9 Å². The Bertz CT molecular complexity index is 2320. The van der Waals surface area contributed by atoms with Gasteiger partial charge in [-0.25, -0.2) is 9.88 Å². The molecule has 53 heavy (non-hydrogen) atoms. The number of fused-ring (bicyclic) bond motifs is 2. The van der Waals surface area contributed by atoms with Gasteiger partial charge in [-0.3, -0.25) is 48.3 Å². The normalized spacial score (nSPS) is 12.9. The quantitative estimate of drug-likeness (QED) is 0.106. The minimum atomic E-state index is -1.61. The molecule has 0 aliphatic carbocycles. The summed E-state index contributed by atoms with van der Waals surface area (Å²) >= 11 is 25.7. The zero-order valence-electron chi connectivity index (χ0n) is 27.9. The third kappa shape index (κ3) is 9.31. The molecule has 3 aromatic heterocycles. The van der Waals surface area contributed by atoms with Crippen LogP contribution in [0.5, 0.6) is 5.88 Å². The number of anilines is 1. The van der Waals surface area contributed by atoms with Gasteiger partial charge in [-0.05, 0) is 50.2 Å². The van der Waals surface area contributed by atoms with E-state index in [4.69, 9.17) is 58.0 Å². The molecule has 0 fully saturated rings. The van der Waals surface area contributed by atoms with Crippen molar-refractivity contribution in [3.8, 4) is 5.88 Å². The highest BCUT2D eigenvalue weighted by Crippen LogP contribution is 2.42. The number of ketones is 3. The molecule has 0 bridgehead atoms. The predicted molar refractivity (Wildman–Crippen MR) is 201 cm³/mol. The number of alkyl halides is 4. The minimum absolute atomic E-state index is 0.0311. The molecule has 2 amide bonds. The predicted octanol–water partition coefficient (Wildman–Crippen LogP) is 7.46. The highest BCUT2D eigenvalue weighted by atomic mass is 35.6. The van der Waals surface area contributed by atoms with Gasteiger partial charge in [-0.2, -0.15) is 0 Å². The van der Waals surface area contributed by atoms with Crippen molar-refractivity contribution in [2.75, 3.05) is 4.90 Å². The maximum absolute atomic E-state index is 12.7. The van der Waals surface area contributed by atoms with Crippen LogP contribution in [0.25, 0.3) is 21.5 Å². The Kier molecular flexibility index (Phi) is 12.9. The number of aromatic hydroxyl groups is 1. The number of amides is 2. The first kappa shape index (κ1) is 40.7. The highest BCUT2D eigenvalue weighted by molar-refractivity contribution is 6.83. The van der Waals surface area contributed by atoms with Crippen molar-refractivity contribution in [3.05, 3.63) is 107 Å². The van der Waals surface area contributed by atoms with Gasteiger partial charge in [0.2, 0.25) is 23.5 Å². The van der Waals surface area contributed by atoms with Crippen molar-refractivity contribution in [3.63, 3.8) is 0 Å². The van der Waals surface area contributed by atoms with E-state index in [-0.39, 0.29) is 33.4 Å². The lowest BCUT2D eigenvalue weighted by Gasteiger charge is -2.12. The van der Waals surface area contributed by atoms with Gasteiger partial charge in [0.25, 0.3) is 9.16 Å². The van der Waals surface area contributed by atoms with Crippen LogP contribution in [0.1, 0.15) is 80.5 Å². The van der Waals surface area contributed by atoms with Crippen LogP contribution in [0.15, 0.2) is 73.6 Å². The van der Waals surface area contributed by atoms with Gasteiger partial charge in [0.1, 0.15) is 11.4 Å². The smallest absolute Gasteiger partial charge is 0.267 e. The molecule has 6 rings (SSSR count). The Morgan fingerprint density at radius 2 is 1.26 bits per heavy atom. The first-order valence-electron chi connectivity index (χ1n) is 15.0. The molecule has 0 saturated heterocycles. The molecule has 1 aliphatic rings. The number of carbonyl (C=O) groups excluding carboxylic acids is 6. The Balaban J connectivity index is 0.000000210. The zero-order valence-corrected chi connectivity index (χ0v) is 31.7. The number of halogens is 5. The number of rotatable bonds is 5. The van der Waals surface area contributed by atoms with Crippen molar-refractivity contribution in [2.24, 2.45) is 0 Å². The summed E-state index contributed by atoms with van der Waals surface area (Å²) in [5, 5.41) is 10.8. The highest BCUT2D eigenvalue weighted by Gasteiger charge is 2.38. The Morgan fingerprint density at radius 1 is 0.736 bits per heavy atom. The summed E-state index contributed by atoms with van der Waals surface area (Å²) in [5.74, 6) is -2.83. The molecule has 0 atom stereocenters. The number of Topliss-reactive ketones (excluding diaryl/α,β-unsaturated/α-hetero) is 2. The molecule has 13 nitrogen and oxygen atoms in total. The lowest BCUT2D eigenvalue weighted by Crippen LogP contribution is -2.31. The second kappa shape index (κ2) is 16.7. The average Bonchev–Trinajstić information content (AvgIpc) is 3.56. The molecule has 2 aromatic carbocycles. The van der Waals surface area contributed by atoms with Crippen molar-refractivity contribution >= 4 is 120 Å². The lowest BCUT2D eigenvalue weighted by atomic mass is 10.0. The largest absolute Gasteiger partial charge is 0.494 e. The lowest BCUT2D eigenvalue weighted by molar-refractivity contribution is -0.122. The van der Waals surface area contributed by atoms with E-state index >= 15 is 0 Å². The molecule has 0 saturated carbocycles. The van der Waals surface area contributed by atoms with Crippen LogP contribution in [0.4, 0.5) is 5.69 Å². The van der Waals surface area contributed by atoms with Crippen LogP contribution in [0.3, 0.4) is 0 Å². The SMILES string of the molecule is CC(=O)c1ccc2c(c1)/C(=C(/Cl)c1cnccn1)C(=O)N2C(C)=O.CC(=O)c1ccc2c(c1)c(C(=O)c1cnccn1)c(O)n2C(C)=O.ClC(Cl)(Cl)Cl. The van der Waals surface area contributed by atoms with Crippen LogP contribution >= 0.6 is 58.0 Å². The molecule has 0 spiro atoms.